The van der Waals surface area contributed by atoms with Gasteiger partial charge in [-0.25, -0.2) is 8.78 Å². The van der Waals surface area contributed by atoms with E-state index in [-0.39, 0.29) is 6.04 Å². The third-order valence-corrected chi connectivity index (χ3v) is 4.13. The van der Waals surface area contributed by atoms with E-state index < -0.39 is 11.6 Å². The Morgan fingerprint density at radius 1 is 1.15 bits per heavy atom. The van der Waals surface area contributed by atoms with Crippen molar-refractivity contribution in [3.8, 4) is 0 Å². The smallest absolute Gasteiger partial charge is 0.126 e. The van der Waals surface area contributed by atoms with E-state index in [1.54, 1.807) is 11.8 Å². The van der Waals surface area contributed by atoms with Gasteiger partial charge in [-0.15, -0.1) is 11.8 Å². The molecule has 2 aromatic carbocycles. The van der Waals surface area contributed by atoms with Crippen molar-refractivity contribution in [1.82, 2.24) is 0 Å². The Morgan fingerprint density at radius 2 is 1.95 bits per heavy atom. The van der Waals surface area contributed by atoms with Gasteiger partial charge in [-0.2, -0.15) is 0 Å². The van der Waals surface area contributed by atoms with E-state index in [1.165, 1.54) is 11.6 Å². The molecule has 2 rings (SSSR count). The highest BCUT2D eigenvalue weighted by atomic mass is 32.2. The second-order valence-electron chi connectivity index (χ2n) is 4.83. The molecule has 4 heteroatoms. The Balaban J connectivity index is 1.92. The van der Waals surface area contributed by atoms with Gasteiger partial charge in [0, 0.05) is 16.7 Å². The van der Waals surface area contributed by atoms with Crippen LogP contribution in [0.2, 0.25) is 0 Å². The molecule has 0 saturated heterocycles. The standard InChI is InChI=1S/C16H17F2NS/c1-11-3-2-4-15(7-11)20-10-14(19)9-12-8-13(17)5-6-16(12)18/h2-8,14H,9-10,19H2,1H3. The van der Waals surface area contributed by atoms with Gasteiger partial charge in [-0.05, 0) is 49.2 Å². The van der Waals surface area contributed by atoms with Crippen LogP contribution >= 0.6 is 11.8 Å². The first-order chi connectivity index (χ1) is 9.54. The van der Waals surface area contributed by atoms with Crippen LogP contribution in [0.3, 0.4) is 0 Å². The summed E-state index contributed by atoms with van der Waals surface area (Å²) in [5.41, 5.74) is 7.53. The maximum atomic E-state index is 13.5. The molecule has 2 N–H and O–H groups in total. The van der Waals surface area contributed by atoms with Crippen molar-refractivity contribution in [2.75, 3.05) is 5.75 Å². The van der Waals surface area contributed by atoms with Crippen LogP contribution < -0.4 is 5.73 Å². The maximum absolute atomic E-state index is 13.5. The number of halogens is 2. The number of hydrogen-bond acceptors (Lipinski definition) is 2. The number of nitrogens with two attached hydrogens (primary N) is 1. The first kappa shape index (κ1) is 15.0. The van der Waals surface area contributed by atoms with Crippen LogP contribution in [-0.2, 0) is 6.42 Å². The van der Waals surface area contributed by atoms with E-state index in [9.17, 15) is 8.78 Å². The quantitative estimate of drug-likeness (QED) is 0.845. The first-order valence-corrected chi connectivity index (χ1v) is 7.42. The lowest BCUT2D eigenvalue weighted by Crippen LogP contribution is -2.26. The van der Waals surface area contributed by atoms with Crippen LogP contribution in [0.1, 0.15) is 11.1 Å². The van der Waals surface area contributed by atoms with Crippen LogP contribution in [0.5, 0.6) is 0 Å². The number of hydrogen-bond donors (Lipinski definition) is 1. The molecular weight excluding hydrogens is 276 g/mol. The van der Waals surface area contributed by atoms with E-state index in [0.717, 1.165) is 17.0 Å². The van der Waals surface area contributed by atoms with Gasteiger partial charge >= 0.3 is 0 Å². The number of rotatable bonds is 5. The SMILES string of the molecule is Cc1cccc(SCC(N)Cc2cc(F)ccc2F)c1. The molecule has 0 bridgehead atoms. The zero-order valence-electron chi connectivity index (χ0n) is 11.3. The molecule has 0 spiro atoms. The zero-order chi connectivity index (χ0) is 14.5. The predicted octanol–water partition coefficient (Wildman–Crippen LogP) is 3.94. The Morgan fingerprint density at radius 3 is 2.70 bits per heavy atom. The molecule has 0 heterocycles. The number of thioether (sulfide) groups is 1. The van der Waals surface area contributed by atoms with Crippen LogP contribution in [0, 0.1) is 18.6 Å². The topological polar surface area (TPSA) is 26.0 Å². The summed E-state index contributed by atoms with van der Waals surface area (Å²) < 4.78 is 26.6. The lowest BCUT2D eigenvalue weighted by molar-refractivity contribution is 0.576. The van der Waals surface area contributed by atoms with Gasteiger partial charge in [0.1, 0.15) is 11.6 Å². The summed E-state index contributed by atoms with van der Waals surface area (Å²) in [5, 5.41) is 0. The van der Waals surface area contributed by atoms with Crippen molar-refractivity contribution in [2.45, 2.75) is 24.3 Å². The summed E-state index contributed by atoms with van der Waals surface area (Å²) in [6.07, 6.45) is 0.336. The summed E-state index contributed by atoms with van der Waals surface area (Å²) in [4.78, 5) is 1.14. The largest absolute Gasteiger partial charge is 0.327 e. The van der Waals surface area contributed by atoms with Gasteiger partial charge in [-0.1, -0.05) is 17.7 Å². The van der Waals surface area contributed by atoms with Crippen LogP contribution in [0.4, 0.5) is 8.78 Å². The van der Waals surface area contributed by atoms with Gasteiger partial charge in [0.05, 0.1) is 0 Å². The summed E-state index contributed by atoms with van der Waals surface area (Å²) in [7, 11) is 0. The molecule has 0 aliphatic heterocycles. The predicted molar refractivity (Wildman–Crippen MR) is 79.9 cm³/mol. The second-order valence-corrected chi connectivity index (χ2v) is 5.92. The average molecular weight is 293 g/mol. The normalized spacial score (nSPS) is 12.4. The van der Waals surface area contributed by atoms with Crippen molar-refractivity contribution in [3.05, 3.63) is 65.2 Å². The van der Waals surface area contributed by atoms with Crippen LogP contribution in [-0.4, -0.2) is 11.8 Å². The first-order valence-electron chi connectivity index (χ1n) is 6.43. The molecule has 1 unspecified atom stereocenters. The fourth-order valence-electron chi connectivity index (χ4n) is 1.95. The molecule has 0 amide bonds. The van der Waals surface area contributed by atoms with Crippen molar-refractivity contribution >= 4 is 11.8 Å². The molecule has 20 heavy (non-hydrogen) atoms. The minimum Gasteiger partial charge on any atom is -0.327 e. The molecule has 0 aliphatic rings. The Bertz CT molecular complexity index is 586. The molecule has 106 valence electrons. The van der Waals surface area contributed by atoms with Crippen LogP contribution in [0.15, 0.2) is 47.4 Å². The highest BCUT2D eigenvalue weighted by Gasteiger charge is 2.10. The third-order valence-electron chi connectivity index (χ3n) is 2.94. The monoisotopic (exact) mass is 293 g/mol. The molecule has 1 atom stereocenters. The lowest BCUT2D eigenvalue weighted by Gasteiger charge is -2.12. The van der Waals surface area contributed by atoms with Crippen molar-refractivity contribution in [1.29, 1.82) is 0 Å². The second kappa shape index (κ2) is 6.86. The van der Waals surface area contributed by atoms with E-state index in [1.807, 2.05) is 25.1 Å². The lowest BCUT2D eigenvalue weighted by atomic mass is 10.1. The molecule has 0 fully saturated rings. The summed E-state index contributed by atoms with van der Waals surface area (Å²) in [6, 6.07) is 11.4. The molecule has 0 radical (unpaired) electrons. The molecule has 0 aromatic heterocycles. The van der Waals surface area contributed by atoms with Gasteiger partial charge in [0.25, 0.3) is 0 Å². The summed E-state index contributed by atoms with van der Waals surface area (Å²) >= 11 is 1.63. The Kier molecular flexibility index (Phi) is 5.15. The van der Waals surface area contributed by atoms with Crippen molar-refractivity contribution < 1.29 is 8.78 Å². The fraction of sp³-hybridized carbons (Fsp3) is 0.250. The Hall–Kier alpha value is -1.39. The summed E-state index contributed by atoms with van der Waals surface area (Å²) in [5.74, 6) is -0.165. The highest BCUT2D eigenvalue weighted by molar-refractivity contribution is 7.99. The van der Waals surface area contributed by atoms with Gasteiger partial charge in [0.2, 0.25) is 0 Å². The minimum atomic E-state index is -0.431. The number of aryl methyl sites for hydroxylation is 1. The van der Waals surface area contributed by atoms with Gasteiger partial charge in [-0.3, -0.25) is 0 Å². The van der Waals surface area contributed by atoms with Crippen molar-refractivity contribution in [3.63, 3.8) is 0 Å². The molecule has 1 nitrogen and oxygen atoms in total. The van der Waals surface area contributed by atoms with Gasteiger partial charge < -0.3 is 5.73 Å². The summed E-state index contributed by atoms with van der Waals surface area (Å²) in [6.45, 7) is 2.03. The van der Waals surface area contributed by atoms with Crippen LogP contribution in [0.25, 0.3) is 0 Å². The minimum absolute atomic E-state index is 0.211. The molecular formula is C16H17F2NS. The van der Waals surface area contributed by atoms with E-state index in [4.69, 9.17) is 5.73 Å². The molecule has 2 aromatic rings. The Labute approximate surface area is 122 Å². The van der Waals surface area contributed by atoms with E-state index in [2.05, 4.69) is 6.07 Å². The molecule has 0 aliphatic carbocycles. The van der Waals surface area contributed by atoms with E-state index >= 15 is 0 Å². The maximum Gasteiger partial charge on any atom is 0.126 e. The molecule has 0 saturated carbocycles. The number of benzene rings is 2. The highest BCUT2D eigenvalue weighted by Crippen LogP contribution is 2.21. The van der Waals surface area contributed by atoms with Gasteiger partial charge in [0.15, 0.2) is 0 Å². The van der Waals surface area contributed by atoms with E-state index in [0.29, 0.717) is 17.7 Å². The fourth-order valence-corrected chi connectivity index (χ4v) is 2.92. The van der Waals surface area contributed by atoms with Crippen molar-refractivity contribution in [2.24, 2.45) is 5.73 Å². The third kappa shape index (κ3) is 4.32. The zero-order valence-corrected chi connectivity index (χ0v) is 12.1. The average Bonchev–Trinajstić information content (AvgIpc) is 2.41.